The fourth-order valence-electron chi connectivity index (χ4n) is 3.31. The molecule has 2 aliphatic carbocycles. The van der Waals surface area contributed by atoms with E-state index in [1.54, 1.807) is 20.8 Å². The molecule has 1 saturated carbocycles. The van der Waals surface area contributed by atoms with E-state index < -0.39 is 23.6 Å². The maximum absolute atomic E-state index is 12.2. The van der Waals surface area contributed by atoms with Gasteiger partial charge in [-0.1, -0.05) is 17.2 Å². The first-order valence-electron chi connectivity index (χ1n) is 6.75. The molecular formula is C14H17NO5. The summed E-state index contributed by atoms with van der Waals surface area (Å²) in [5.41, 5.74) is -0.737. The van der Waals surface area contributed by atoms with Gasteiger partial charge >= 0.3 is 6.16 Å². The molecule has 2 bridgehead atoms. The Morgan fingerprint density at radius 3 is 2.10 bits per heavy atom. The number of ether oxygens (including phenoxy) is 1. The summed E-state index contributed by atoms with van der Waals surface area (Å²) in [5.74, 6) is -1.42. The van der Waals surface area contributed by atoms with Crippen LogP contribution in [0.5, 0.6) is 0 Å². The van der Waals surface area contributed by atoms with Crippen molar-refractivity contribution >= 4 is 18.0 Å². The van der Waals surface area contributed by atoms with Crippen molar-refractivity contribution in [3.63, 3.8) is 0 Å². The van der Waals surface area contributed by atoms with E-state index in [4.69, 9.17) is 9.57 Å². The van der Waals surface area contributed by atoms with Gasteiger partial charge in [-0.25, -0.2) is 4.79 Å². The highest BCUT2D eigenvalue weighted by atomic mass is 16.8. The predicted octanol–water partition coefficient (Wildman–Crippen LogP) is 1.66. The molecule has 2 amide bonds. The van der Waals surface area contributed by atoms with E-state index in [2.05, 4.69) is 0 Å². The summed E-state index contributed by atoms with van der Waals surface area (Å²) >= 11 is 0. The molecule has 0 N–H and O–H groups in total. The summed E-state index contributed by atoms with van der Waals surface area (Å²) in [7, 11) is 0. The Morgan fingerprint density at radius 2 is 1.65 bits per heavy atom. The number of hydrogen-bond donors (Lipinski definition) is 0. The summed E-state index contributed by atoms with van der Waals surface area (Å²) in [6.45, 7) is 5.04. The monoisotopic (exact) mass is 279 g/mol. The molecule has 2 fully saturated rings. The Labute approximate surface area is 116 Å². The van der Waals surface area contributed by atoms with Crippen LogP contribution in [-0.2, 0) is 19.2 Å². The molecule has 0 aromatic rings. The fourth-order valence-corrected chi connectivity index (χ4v) is 3.31. The van der Waals surface area contributed by atoms with Crippen molar-refractivity contribution in [1.82, 2.24) is 5.06 Å². The highest BCUT2D eigenvalue weighted by molar-refractivity contribution is 6.05. The van der Waals surface area contributed by atoms with E-state index in [1.807, 2.05) is 12.2 Å². The molecule has 0 unspecified atom stereocenters. The van der Waals surface area contributed by atoms with Crippen LogP contribution in [0.1, 0.15) is 27.2 Å². The Kier molecular flexibility index (Phi) is 2.68. The molecule has 0 spiro atoms. The number of rotatable bonds is 1. The molecule has 1 aliphatic heterocycles. The van der Waals surface area contributed by atoms with Gasteiger partial charge in [-0.2, -0.15) is 0 Å². The van der Waals surface area contributed by atoms with E-state index in [9.17, 15) is 14.4 Å². The number of allylic oxidation sites excluding steroid dienone is 2. The van der Waals surface area contributed by atoms with Crippen molar-refractivity contribution in [2.24, 2.45) is 23.7 Å². The van der Waals surface area contributed by atoms with Gasteiger partial charge in [0, 0.05) is 0 Å². The van der Waals surface area contributed by atoms with Crippen LogP contribution in [0, 0.1) is 23.7 Å². The average molecular weight is 279 g/mol. The maximum Gasteiger partial charge on any atom is 0.534 e. The molecule has 20 heavy (non-hydrogen) atoms. The quantitative estimate of drug-likeness (QED) is 0.414. The molecule has 1 heterocycles. The number of imide groups is 1. The molecule has 0 radical (unpaired) electrons. The summed E-state index contributed by atoms with van der Waals surface area (Å²) in [6.07, 6.45) is 3.77. The van der Waals surface area contributed by atoms with Crippen LogP contribution < -0.4 is 0 Å². The first kappa shape index (κ1) is 13.1. The lowest BCUT2D eigenvalue weighted by atomic mass is 9.85. The lowest BCUT2D eigenvalue weighted by molar-refractivity contribution is -0.183. The number of hydroxylamine groups is 2. The Morgan fingerprint density at radius 1 is 1.15 bits per heavy atom. The summed E-state index contributed by atoms with van der Waals surface area (Å²) in [6, 6.07) is 0. The molecule has 4 atom stereocenters. The van der Waals surface area contributed by atoms with Gasteiger partial charge in [0.25, 0.3) is 11.8 Å². The minimum absolute atomic E-state index is 0.0914. The highest BCUT2D eigenvalue weighted by Crippen LogP contribution is 2.52. The van der Waals surface area contributed by atoms with Crippen molar-refractivity contribution in [2.45, 2.75) is 32.8 Å². The first-order chi connectivity index (χ1) is 9.28. The third-order valence-corrected chi connectivity index (χ3v) is 3.99. The lowest BCUT2D eigenvalue weighted by Crippen LogP contribution is -2.37. The van der Waals surface area contributed by atoms with Crippen molar-refractivity contribution in [2.75, 3.05) is 0 Å². The molecule has 0 aromatic carbocycles. The second-order valence-electron chi connectivity index (χ2n) is 6.53. The Hall–Kier alpha value is -1.85. The SMILES string of the molecule is CC(C)(C)OC(=O)ON1C(=O)[C@@H]2[C@H](C1=O)[C@H]1C=C[C@H]2C1. The van der Waals surface area contributed by atoms with Gasteiger partial charge in [0.05, 0.1) is 11.8 Å². The topological polar surface area (TPSA) is 72.9 Å². The van der Waals surface area contributed by atoms with E-state index in [-0.39, 0.29) is 23.7 Å². The van der Waals surface area contributed by atoms with E-state index in [1.165, 1.54) is 0 Å². The third kappa shape index (κ3) is 1.90. The third-order valence-electron chi connectivity index (χ3n) is 3.99. The van der Waals surface area contributed by atoms with E-state index in [0.29, 0.717) is 5.06 Å². The second kappa shape index (κ2) is 4.07. The summed E-state index contributed by atoms with van der Waals surface area (Å²) < 4.78 is 4.96. The van der Waals surface area contributed by atoms with E-state index >= 15 is 0 Å². The van der Waals surface area contributed by atoms with Crippen LogP contribution in [0.2, 0.25) is 0 Å². The van der Waals surface area contributed by atoms with Crippen LogP contribution in [-0.4, -0.2) is 28.6 Å². The van der Waals surface area contributed by atoms with E-state index in [0.717, 1.165) is 6.42 Å². The zero-order chi connectivity index (χ0) is 14.7. The van der Waals surface area contributed by atoms with Crippen LogP contribution in [0.3, 0.4) is 0 Å². The molecule has 0 aromatic heterocycles. The molecule has 6 heteroatoms. The molecule has 1 saturated heterocycles. The van der Waals surface area contributed by atoms with Gasteiger partial charge in [0.1, 0.15) is 5.60 Å². The van der Waals surface area contributed by atoms with Crippen molar-refractivity contribution in [1.29, 1.82) is 0 Å². The Bertz CT molecular complexity index is 488. The molecular weight excluding hydrogens is 262 g/mol. The fraction of sp³-hybridized carbons (Fsp3) is 0.643. The molecule has 108 valence electrons. The number of fused-ring (bicyclic) bond motifs is 5. The number of carbonyl (C=O) groups is 3. The molecule has 3 aliphatic rings. The number of hydrogen-bond acceptors (Lipinski definition) is 5. The van der Waals surface area contributed by atoms with Crippen LogP contribution >= 0.6 is 0 Å². The first-order valence-corrected chi connectivity index (χ1v) is 6.75. The predicted molar refractivity (Wildman–Crippen MR) is 66.9 cm³/mol. The largest absolute Gasteiger partial charge is 0.534 e. The van der Waals surface area contributed by atoms with Gasteiger partial charge in [0.2, 0.25) is 0 Å². The number of carbonyl (C=O) groups excluding carboxylic acids is 3. The maximum atomic E-state index is 12.2. The smallest absolute Gasteiger partial charge is 0.427 e. The second-order valence-corrected chi connectivity index (χ2v) is 6.53. The van der Waals surface area contributed by atoms with Gasteiger partial charge < -0.3 is 4.74 Å². The van der Waals surface area contributed by atoms with Crippen LogP contribution in [0.25, 0.3) is 0 Å². The zero-order valence-electron chi connectivity index (χ0n) is 11.7. The van der Waals surface area contributed by atoms with Gasteiger partial charge in [-0.15, -0.1) is 0 Å². The summed E-state index contributed by atoms with van der Waals surface area (Å²) in [5, 5.41) is 0.593. The van der Waals surface area contributed by atoms with Gasteiger partial charge in [0.15, 0.2) is 0 Å². The van der Waals surface area contributed by atoms with Gasteiger partial charge in [-0.3, -0.25) is 14.4 Å². The Balaban J connectivity index is 1.72. The summed E-state index contributed by atoms with van der Waals surface area (Å²) in [4.78, 5) is 40.9. The van der Waals surface area contributed by atoms with Gasteiger partial charge in [-0.05, 0) is 39.0 Å². The van der Waals surface area contributed by atoms with Crippen LogP contribution in [0.4, 0.5) is 4.79 Å². The standard InChI is InChI=1S/C14H17NO5/c1-14(2,3)19-13(18)20-15-11(16)9-7-4-5-8(6-7)10(9)12(15)17/h4-5,7-10H,6H2,1-3H3/t7-,8-,9-,10+/m0/s1. The number of amides is 2. The average Bonchev–Trinajstić information content (AvgIpc) is 2.96. The van der Waals surface area contributed by atoms with Crippen molar-refractivity contribution < 1.29 is 24.0 Å². The zero-order valence-corrected chi connectivity index (χ0v) is 11.7. The van der Waals surface area contributed by atoms with Crippen LogP contribution in [0.15, 0.2) is 12.2 Å². The normalized spacial score (nSPS) is 34.6. The van der Waals surface area contributed by atoms with Crippen molar-refractivity contribution in [3.05, 3.63) is 12.2 Å². The highest BCUT2D eigenvalue weighted by Gasteiger charge is 2.61. The minimum Gasteiger partial charge on any atom is -0.427 e. The van der Waals surface area contributed by atoms with Crippen molar-refractivity contribution in [3.8, 4) is 0 Å². The number of nitrogens with zero attached hydrogens (tertiary/aromatic N) is 1. The molecule has 6 nitrogen and oxygen atoms in total. The molecule has 3 rings (SSSR count). The lowest BCUT2D eigenvalue weighted by Gasteiger charge is -2.21. The minimum atomic E-state index is -1.03.